The van der Waals surface area contributed by atoms with Crippen molar-refractivity contribution in [3.05, 3.63) is 54.0 Å². The van der Waals surface area contributed by atoms with E-state index in [1.807, 2.05) is 18.2 Å². The lowest BCUT2D eigenvalue weighted by atomic mass is 9.91. The maximum absolute atomic E-state index is 5.88. The normalized spacial score (nSPS) is 21.7. The van der Waals surface area contributed by atoms with E-state index in [-0.39, 0.29) is 5.92 Å². The number of methoxy groups -OCH3 is 1. The summed E-state index contributed by atoms with van der Waals surface area (Å²) >= 11 is 0. The smallest absolute Gasteiger partial charge is 0.122 e. The third-order valence-electron chi connectivity index (χ3n) is 5.33. The van der Waals surface area contributed by atoms with Crippen molar-refractivity contribution in [3.63, 3.8) is 0 Å². The molecule has 2 heterocycles. The number of furan rings is 1. The molecule has 0 aliphatic carbocycles. The summed E-state index contributed by atoms with van der Waals surface area (Å²) < 4.78 is 17.2. The molecule has 2 aromatic rings. The summed E-state index contributed by atoms with van der Waals surface area (Å²) in [7, 11) is 1.73. The first-order valence-electron chi connectivity index (χ1n) is 9.70. The van der Waals surface area contributed by atoms with Crippen molar-refractivity contribution in [2.24, 2.45) is 5.92 Å². The highest BCUT2D eigenvalue weighted by Crippen LogP contribution is 2.34. The SMILES string of the molecule is COc1ccccc1[C@H](CCN[C@H]1CCO[C@@H](C(C)C)C1)c1ccco1. The maximum Gasteiger partial charge on any atom is 0.122 e. The molecule has 0 spiro atoms. The van der Waals surface area contributed by atoms with Crippen molar-refractivity contribution in [2.45, 2.75) is 51.2 Å². The van der Waals surface area contributed by atoms with Gasteiger partial charge >= 0.3 is 0 Å². The van der Waals surface area contributed by atoms with Gasteiger partial charge in [0.25, 0.3) is 0 Å². The number of rotatable bonds is 8. The lowest BCUT2D eigenvalue weighted by Gasteiger charge is -2.32. The van der Waals surface area contributed by atoms with Gasteiger partial charge in [0.15, 0.2) is 0 Å². The summed E-state index contributed by atoms with van der Waals surface area (Å²) in [5, 5.41) is 3.74. The van der Waals surface area contributed by atoms with Gasteiger partial charge in [-0.3, -0.25) is 0 Å². The minimum Gasteiger partial charge on any atom is -0.496 e. The van der Waals surface area contributed by atoms with E-state index in [0.29, 0.717) is 18.1 Å². The van der Waals surface area contributed by atoms with Crippen LogP contribution < -0.4 is 10.1 Å². The zero-order chi connectivity index (χ0) is 18.4. The molecular weight excluding hydrogens is 326 g/mol. The number of hydrogen-bond acceptors (Lipinski definition) is 4. The van der Waals surface area contributed by atoms with E-state index in [1.54, 1.807) is 13.4 Å². The van der Waals surface area contributed by atoms with Crippen LogP contribution in [0.5, 0.6) is 5.75 Å². The van der Waals surface area contributed by atoms with Crippen LogP contribution in [0, 0.1) is 5.92 Å². The highest BCUT2D eigenvalue weighted by Gasteiger charge is 2.25. The Labute approximate surface area is 156 Å². The summed E-state index contributed by atoms with van der Waals surface area (Å²) in [6, 6.07) is 12.8. The van der Waals surface area contributed by atoms with E-state index in [1.165, 1.54) is 5.56 Å². The molecule has 1 N–H and O–H groups in total. The molecule has 4 heteroatoms. The lowest BCUT2D eigenvalue weighted by Crippen LogP contribution is -2.41. The zero-order valence-electron chi connectivity index (χ0n) is 16.1. The Morgan fingerprint density at radius 2 is 2.04 bits per heavy atom. The van der Waals surface area contributed by atoms with E-state index in [2.05, 4.69) is 37.4 Å². The number of hydrogen-bond donors (Lipinski definition) is 1. The van der Waals surface area contributed by atoms with Crippen molar-refractivity contribution in [2.75, 3.05) is 20.3 Å². The third kappa shape index (κ3) is 4.68. The molecule has 1 aliphatic rings. The molecular formula is C22H31NO3. The minimum absolute atomic E-state index is 0.189. The van der Waals surface area contributed by atoms with Crippen LogP contribution >= 0.6 is 0 Å². The van der Waals surface area contributed by atoms with Crippen molar-refractivity contribution < 1.29 is 13.9 Å². The van der Waals surface area contributed by atoms with E-state index in [9.17, 15) is 0 Å². The molecule has 26 heavy (non-hydrogen) atoms. The Balaban J connectivity index is 1.64. The summed E-state index contributed by atoms with van der Waals surface area (Å²) in [4.78, 5) is 0. The van der Waals surface area contributed by atoms with Gasteiger partial charge in [-0.1, -0.05) is 32.0 Å². The predicted octanol–water partition coefficient (Wildman–Crippen LogP) is 4.60. The van der Waals surface area contributed by atoms with Crippen LogP contribution in [0.1, 0.15) is 50.4 Å². The molecule has 3 atom stereocenters. The molecule has 3 rings (SSSR count). The molecule has 1 saturated heterocycles. The first-order valence-corrected chi connectivity index (χ1v) is 9.70. The number of benzene rings is 1. The molecule has 1 aromatic heterocycles. The Kier molecular flexibility index (Phi) is 6.75. The zero-order valence-corrected chi connectivity index (χ0v) is 16.1. The third-order valence-corrected chi connectivity index (χ3v) is 5.33. The second-order valence-electron chi connectivity index (χ2n) is 7.43. The van der Waals surface area contributed by atoms with Crippen LogP contribution in [0.2, 0.25) is 0 Å². The summed E-state index contributed by atoms with van der Waals surface area (Å²) in [5.74, 6) is 2.67. The Morgan fingerprint density at radius 3 is 2.77 bits per heavy atom. The van der Waals surface area contributed by atoms with Gasteiger partial charge < -0.3 is 19.2 Å². The first-order chi connectivity index (χ1) is 12.7. The molecule has 0 radical (unpaired) electrons. The maximum atomic E-state index is 5.88. The molecule has 0 unspecified atom stereocenters. The average Bonchev–Trinajstić information content (AvgIpc) is 3.20. The second kappa shape index (κ2) is 9.24. The van der Waals surface area contributed by atoms with Crippen LogP contribution in [0.3, 0.4) is 0 Å². The van der Waals surface area contributed by atoms with Gasteiger partial charge in [0, 0.05) is 24.1 Å². The molecule has 0 bridgehead atoms. The van der Waals surface area contributed by atoms with Crippen LogP contribution in [0.15, 0.2) is 47.1 Å². The highest BCUT2D eigenvalue weighted by molar-refractivity contribution is 5.39. The van der Waals surface area contributed by atoms with E-state index < -0.39 is 0 Å². The molecule has 142 valence electrons. The summed E-state index contributed by atoms with van der Waals surface area (Å²) in [6.45, 7) is 6.27. The first kappa shape index (κ1) is 19.0. The Bertz CT molecular complexity index is 653. The fraction of sp³-hybridized carbons (Fsp3) is 0.545. The molecule has 0 amide bonds. The lowest BCUT2D eigenvalue weighted by molar-refractivity contribution is -0.0243. The number of nitrogens with one attached hydrogen (secondary N) is 1. The van der Waals surface area contributed by atoms with Gasteiger partial charge in [0.1, 0.15) is 11.5 Å². The summed E-state index contributed by atoms with van der Waals surface area (Å²) in [6.07, 6.45) is 5.27. The standard InChI is InChI=1S/C22H31NO3/c1-16(2)22-15-17(11-14-26-22)23-12-10-19(21-9-6-13-25-21)18-7-4-5-8-20(18)24-3/h4-9,13,16-17,19,22-23H,10-12,14-15H2,1-3H3/t17-,19-,22+/m0/s1. The molecule has 0 saturated carbocycles. The number of para-hydroxylation sites is 1. The second-order valence-corrected chi connectivity index (χ2v) is 7.43. The van der Waals surface area contributed by atoms with Crippen molar-refractivity contribution in [1.29, 1.82) is 0 Å². The molecule has 1 aliphatic heterocycles. The highest BCUT2D eigenvalue weighted by atomic mass is 16.5. The quantitative estimate of drug-likeness (QED) is 0.750. The summed E-state index contributed by atoms with van der Waals surface area (Å²) in [5.41, 5.74) is 1.18. The van der Waals surface area contributed by atoms with Crippen LogP contribution in [0.25, 0.3) is 0 Å². The van der Waals surface area contributed by atoms with E-state index >= 15 is 0 Å². The molecule has 1 fully saturated rings. The van der Waals surface area contributed by atoms with E-state index in [4.69, 9.17) is 13.9 Å². The van der Waals surface area contributed by atoms with Gasteiger partial charge in [-0.15, -0.1) is 0 Å². The fourth-order valence-electron chi connectivity index (χ4n) is 3.80. The average molecular weight is 357 g/mol. The minimum atomic E-state index is 0.189. The monoisotopic (exact) mass is 357 g/mol. The van der Waals surface area contributed by atoms with Crippen molar-refractivity contribution in [3.8, 4) is 5.75 Å². The Hall–Kier alpha value is -1.78. The van der Waals surface area contributed by atoms with Gasteiger partial charge in [-0.05, 0) is 49.9 Å². The van der Waals surface area contributed by atoms with Crippen molar-refractivity contribution >= 4 is 0 Å². The molecule has 4 nitrogen and oxygen atoms in total. The largest absolute Gasteiger partial charge is 0.496 e. The topological polar surface area (TPSA) is 43.6 Å². The predicted molar refractivity (Wildman–Crippen MR) is 104 cm³/mol. The van der Waals surface area contributed by atoms with Gasteiger partial charge in [-0.2, -0.15) is 0 Å². The van der Waals surface area contributed by atoms with Gasteiger partial charge in [0.2, 0.25) is 0 Å². The Morgan fingerprint density at radius 1 is 1.19 bits per heavy atom. The van der Waals surface area contributed by atoms with Crippen LogP contribution in [0.4, 0.5) is 0 Å². The van der Waals surface area contributed by atoms with Gasteiger partial charge in [-0.25, -0.2) is 0 Å². The van der Waals surface area contributed by atoms with E-state index in [0.717, 1.165) is 43.9 Å². The fourth-order valence-corrected chi connectivity index (χ4v) is 3.80. The van der Waals surface area contributed by atoms with Gasteiger partial charge in [0.05, 0.1) is 19.5 Å². The van der Waals surface area contributed by atoms with Crippen LogP contribution in [-0.2, 0) is 4.74 Å². The van der Waals surface area contributed by atoms with Crippen LogP contribution in [-0.4, -0.2) is 32.4 Å². The molecule has 1 aromatic carbocycles. The van der Waals surface area contributed by atoms with Crippen molar-refractivity contribution in [1.82, 2.24) is 5.32 Å². The number of ether oxygens (including phenoxy) is 2.